The van der Waals surface area contributed by atoms with Gasteiger partial charge < -0.3 is 33.9 Å². The number of hydrogen-bond donors (Lipinski definition) is 1. The first-order valence-electron chi connectivity index (χ1n) is 22.2. The minimum atomic E-state index is -0.512. The maximum Gasteiger partial charge on any atom is 0.410 e. The third kappa shape index (κ3) is 5.31. The number of amides is 1. The number of hydrogen-bond acceptors (Lipinski definition) is 8. The average molecular weight is 740 g/mol. The molecule has 5 aliphatic carbocycles. The van der Waals surface area contributed by atoms with Gasteiger partial charge in [-0.15, -0.1) is 0 Å². The summed E-state index contributed by atoms with van der Waals surface area (Å²) in [6, 6.07) is 0.650. The van der Waals surface area contributed by atoms with Crippen LogP contribution in [0, 0.1) is 56.7 Å². The quantitative estimate of drug-likeness (QED) is 0.291. The number of carbonyl (C=O) groups excluding carboxylic acids is 1. The second-order valence-electron chi connectivity index (χ2n) is 21.3. The molecule has 1 amide bonds. The van der Waals surface area contributed by atoms with Crippen molar-refractivity contribution in [3.63, 3.8) is 0 Å². The number of nitrogens with zero attached hydrogens (tertiary/aromatic N) is 3. The molecule has 4 saturated heterocycles. The summed E-state index contributed by atoms with van der Waals surface area (Å²) in [5, 5.41) is 12.8. The Hall–Kier alpha value is -0.970. The molecule has 14 atom stereocenters. The molecule has 5 saturated carbocycles. The fourth-order valence-corrected chi connectivity index (χ4v) is 15.6. The molecule has 300 valence electrons. The van der Waals surface area contributed by atoms with Crippen molar-refractivity contribution in [2.75, 3.05) is 52.4 Å². The lowest BCUT2D eigenvalue weighted by molar-refractivity contribution is -0.253. The van der Waals surface area contributed by atoms with Gasteiger partial charge in [0.1, 0.15) is 6.10 Å². The number of aliphatic hydroxyl groups excluding tert-OH is 1. The number of aliphatic hydroxyl groups is 1. The molecule has 4 heterocycles. The van der Waals surface area contributed by atoms with Crippen molar-refractivity contribution in [3.8, 4) is 0 Å². The second kappa shape index (κ2) is 13.0. The highest BCUT2D eigenvalue weighted by Crippen LogP contribution is 2.89. The Morgan fingerprint density at radius 1 is 0.962 bits per heavy atom. The molecule has 9 heteroatoms. The molecule has 0 radical (unpaired) electrons. The summed E-state index contributed by atoms with van der Waals surface area (Å²) in [5.74, 6) is 2.00. The topological polar surface area (TPSA) is 83.9 Å². The Bertz CT molecular complexity index is 1400. The Labute approximate surface area is 320 Å². The zero-order valence-electron chi connectivity index (χ0n) is 34.5. The Kier molecular flexibility index (Phi) is 9.24. The molecule has 9 fully saturated rings. The van der Waals surface area contributed by atoms with Gasteiger partial charge in [-0.25, -0.2) is 4.79 Å². The van der Waals surface area contributed by atoms with Gasteiger partial charge in [0.05, 0.1) is 31.0 Å². The van der Waals surface area contributed by atoms with Gasteiger partial charge in [0.2, 0.25) is 0 Å². The Morgan fingerprint density at radius 2 is 1.70 bits per heavy atom. The summed E-state index contributed by atoms with van der Waals surface area (Å²) >= 11 is 0. The second-order valence-corrected chi connectivity index (χ2v) is 21.3. The predicted molar refractivity (Wildman–Crippen MR) is 204 cm³/mol. The highest BCUT2D eigenvalue weighted by molar-refractivity contribution is 5.68. The fraction of sp³-hybridized carbons (Fsp3) is 0.977. The van der Waals surface area contributed by atoms with E-state index < -0.39 is 6.10 Å². The zero-order valence-corrected chi connectivity index (χ0v) is 34.5. The fourth-order valence-electron chi connectivity index (χ4n) is 15.6. The van der Waals surface area contributed by atoms with E-state index in [4.69, 9.17) is 18.9 Å². The Balaban J connectivity index is 0.904. The zero-order chi connectivity index (χ0) is 37.3. The van der Waals surface area contributed by atoms with Gasteiger partial charge in [0.25, 0.3) is 0 Å². The molecule has 0 aromatic carbocycles. The lowest BCUT2D eigenvalue weighted by Crippen LogP contribution is -2.63. The SMILES string of the molecule is CCCN1CC(N2CCO[C@@H](OC3CC[C@]45C[C@]46CC[C@]4(C)[C@@H]7[C@H](O[C@@H]([C@H](OC(=O)N8CCC8)C(C)C)C[C@H]7C)[C@H](O)[C@@]4(C)[C@@H]6CC[C@H]5C3(C)C)C2)C1. The molecule has 0 bridgehead atoms. The molecule has 2 spiro atoms. The van der Waals surface area contributed by atoms with Gasteiger partial charge in [-0.1, -0.05) is 55.4 Å². The van der Waals surface area contributed by atoms with E-state index in [2.05, 4.69) is 65.2 Å². The van der Waals surface area contributed by atoms with Crippen molar-refractivity contribution >= 4 is 6.09 Å². The monoisotopic (exact) mass is 740 g/mol. The van der Waals surface area contributed by atoms with Gasteiger partial charge in [-0.3, -0.25) is 4.90 Å². The number of likely N-dealkylation sites (tertiary alicyclic amines) is 2. The van der Waals surface area contributed by atoms with E-state index in [0.29, 0.717) is 40.5 Å². The van der Waals surface area contributed by atoms with Crippen LogP contribution in [-0.4, -0.2) is 121 Å². The van der Waals surface area contributed by atoms with Gasteiger partial charge in [-0.05, 0) is 122 Å². The standard InChI is InChI=1S/C44H73N3O6/c1-9-17-45-23-29(24-45)47-20-21-50-34(25-47)52-33-13-14-43-26-44(43)16-15-41(7)35-28(4)22-30(36(27(2)3)53-39(49)46-18-10-19-46)51-37(35)38(48)42(41,8)32(44)12-11-31(43)40(33,5)6/h27-38,48H,9-26H2,1-8H3/t28-,30-,31+,32+,33?,34+,35+,36-,37+,38+,41-,42-,43-,44+/m1/s1. The molecule has 9 aliphatic rings. The largest absolute Gasteiger partial charge is 0.443 e. The van der Waals surface area contributed by atoms with Crippen molar-refractivity contribution < 1.29 is 28.8 Å². The highest BCUT2D eigenvalue weighted by Gasteiger charge is 2.84. The van der Waals surface area contributed by atoms with Crippen LogP contribution in [0.1, 0.15) is 120 Å². The molecule has 53 heavy (non-hydrogen) atoms. The molecule has 9 nitrogen and oxygen atoms in total. The predicted octanol–water partition coefficient (Wildman–Crippen LogP) is 6.80. The van der Waals surface area contributed by atoms with Crippen molar-refractivity contribution in [3.05, 3.63) is 0 Å². The molecule has 1 unspecified atom stereocenters. The van der Waals surface area contributed by atoms with E-state index in [1.54, 1.807) is 0 Å². The van der Waals surface area contributed by atoms with E-state index in [1.165, 1.54) is 64.6 Å². The summed E-state index contributed by atoms with van der Waals surface area (Å²) < 4.78 is 26.6. The highest BCUT2D eigenvalue weighted by atomic mass is 16.7. The lowest BCUT2D eigenvalue weighted by Gasteiger charge is -2.64. The number of ether oxygens (including phenoxy) is 4. The minimum absolute atomic E-state index is 0.0175. The third-order valence-corrected chi connectivity index (χ3v) is 18.5. The number of rotatable bonds is 8. The van der Waals surface area contributed by atoms with Crippen LogP contribution in [0.3, 0.4) is 0 Å². The first-order chi connectivity index (χ1) is 25.2. The number of morpholine rings is 1. The van der Waals surface area contributed by atoms with Gasteiger partial charge in [-0.2, -0.15) is 0 Å². The van der Waals surface area contributed by atoms with E-state index in [-0.39, 0.29) is 59.0 Å². The molecule has 1 N–H and O–H groups in total. The van der Waals surface area contributed by atoms with Crippen molar-refractivity contribution in [2.45, 2.75) is 162 Å². The van der Waals surface area contributed by atoms with E-state index in [0.717, 1.165) is 52.0 Å². The van der Waals surface area contributed by atoms with Gasteiger partial charge in [0.15, 0.2) is 6.29 Å². The average Bonchev–Trinajstić information content (AvgIpc) is 3.70. The maximum absolute atomic E-state index is 13.0. The summed E-state index contributed by atoms with van der Waals surface area (Å²) in [6.07, 6.45) is 10.4. The van der Waals surface area contributed by atoms with Crippen molar-refractivity contribution in [1.29, 1.82) is 0 Å². The minimum Gasteiger partial charge on any atom is -0.443 e. The van der Waals surface area contributed by atoms with E-state index in [1.807, 2.05) is 4.90 Å². The van der Waals surface area contributed by atoms with Crippen molar-refractivity contribution in [1.82, 2.24) is 14.7 Å². The van der Waals surface area contributed by atoms with Gasteiger partial charge >= 0.3 is 6.09 Å². The van der Waals surface area contributed by atoms with Crippen molar-refractivity contribution in [2.24, 2.45) is 56.7 Å². The van der Waals surface area contributed by atoms with E-state index >= 15 is 0 Å². The molecule has 4 aliphatic heterocycles. The van der Waals surface area contributed by atoms with Crippen LogP contribution in [0.4, 0.5) is 4.79 Å². The van der Waals surface area contributed by atoms with Crippen LogP contribution < -0.4 is 0 Å². The van der Waals surface area contributed by atoms with Crippen LogP contribution in [0.5, 0.6) is 0 Å². The normalized spacial score (nSPS) is 49.8. The molecular weight excluding hydrogens is 666 g/mol. The third-order valence-electron chi connectivity index (χ3n) is 18.5. The van der Waals surface area contributed by atoms with Crippen LogP contribution >= 0.6 is 0 Å². The smallest absolute Gasteiger partial charge is 0.410 e. The van der Waals surface area contributed by atoms with Crippen LogP contribution in [0.15, 0.2) is 0 Å². The molecule has 0 aromatic heterocycles. The number of carbonyl (C=O) groups is 1. The summed E-state index contributed by atoms with van der Waals surface area (Å²) in [5.41, 5.74) is 0.563. The number of fused-ring (bicyclic) bond motifs is 4. The molecule has 0 aromatic rings. The summed E-state index contributed by atoms with van der Waals surface area (Å²) in [7, 11) is 0. The molecule has 9 rings (SSSR count). The first kappa shape index (κ1) is 37.6. The lowest BCUT2D eigenvalue weighted by atomic mass is 9.41. The first-order valence-corrected chi connectivity index (χ1v) is 22.2. The van der Waals surface area contributed by atoms with Crippen LogP contribution in [0.25, 0.3) is 0 Å². The summed E-state index contributed by atoms with van der Waals surface area (Å²) in [6.45, 7) is 26.9. The van der Waals surface area contributed by atoms with Crippen LogP contribution in [0.2, 0.25) is 0 Å². The maximum atomic E-state index is 13.0. The summed E-state index contributed by atoms with van der Waals surface area (Å²) in [4.78, 5) is 20.0. The van der Waals surface area contributed by atoms with E-state index in [9.17, 15) is 9.90 Å². The Morgan fingerprint density at radius 3 is 2.40 bits per heavy atom. The van der Waals surface area contributed by atoms with Gasteiger partial charge in [0, 0.05) is 50.7 Å². The van der Waals surface area contributed by atoms with Crippen LogP contribution in [-0.2, 0) is 18.9 Å². The molecular formula is C44H73N3O6.